The fourth-order valence-electron chi connectivity index (χ4n) is 4.13. The fraction of sp³-hybridized carbons (Fsp3) is 0.407. The van der Waals surface area contributed by atoms with Crippen molar-refractivity contribution in [2.75, 3.05) is 26.2 Å². The van der Waals surface area contributed by atoms with E-state index in [-0.39, 0.29) is 0 Å². The molecule has 154 valence electrons. The highest BCUT2D eigenvalue weighted by Gasteiger charge is 2.27. The Kier molecular flexibility index (Phi) is 8.15. The summed E-state index contributed by atoms with van der Waals surface area (Å²) in [6.07, 6.45) is 12.9. The van der Waals surface area contributed by atoms with Crippen molar-refractivity contribution in [2.24, 2.45) is 0 Å². The lowest BCUT2D eigenvalue weighted by atomic mass is 10.1. The van der Waals surface area contributed by atoms with Gasteiger partial charge in [0.25, 0.3) is 0 Å². The molecule has 0 atom stereocenters. The first-order valence-electron chi connectivity index (χ1n) is 11.0. The molecule has 0 unspecified atom stereocenters. The highest BCUT2D eigenvalue weighted by Crippen LogP contribution is 2.21. The van der Waals surface area contributed by atoms with E-state index in [2.05, 4.69) is 80.6 Å². The van der Waals surface area contributed by atoms with Gasteiger partial charge in [-0.15, -0.1) is 0 Å². The number of halogens is 1. The van der Waals surface area contributed by atoms with Crippen LogP contribution in [0.5, 0.6) is 0 Å². The van der Waals surface area contributed by atoms with E-state index >= 15 is 0 Å². The molecule has 1 aliphatic rings. The van der Waals surface area contributed by atoms with Crippen LogP contribution in [0.25, 0.3) is 0 Å². The van der Waals surface area contributed by atoms with Gasteiger partial charge in [-0.1, -0.05) is 77.3 Å². The number of allylic oxidation sites excluding steroid dienone is 2. The number of hydrogen-bond donors (Lipinski definition) is 0. The van der Waals surface area contributed by atoms with Crippen molar-refractivity contribution >= 4 is 11.6 Å². The van der Waals surface area contributed by atoms with Crippen LogP contribution in [-0.2, 0) is 12.8 Å². The lowest BCUT2D eigenvalue weighted by molar-refractivity contribution is -0.921. The zero-order chi connectivity index (χ0) is 20.5. The number of rotatable bonds is 8. The van der Waals surface area contributed by atoms with Gasteiger partial charge in [-0.05, 0) is 62.8 Å². The van der Waals surface area contributed by atoms with Crippen LogP contribution >= 0.6 is 11.6 Å². The lowest BCUT2D eigenvalue weighted by Crippen LogP contribution is -2.51. The molecule has 0 saturated carbocycles. The van der Waals surface area contributed by atoms with Crippen LogP contribution in [0, 0.1) is 13.8 Å². The van der Waals surface area contributed by atoms with Crippen molar-refractivity contribution in [2.45, 2.75) is 46.0 Å². The maximum absolute atomic E-state index is 6.62. The van der Waals surface area contributed by atoms with E-state index in [1.54, 1.807) is 0 Å². The first-order chi connectivity index (χ1) is 14.0. The molecule has 1 aliphatic heterocycles. The first-order valence-corrected chi connectivity index (χ1v) is 11.4. The van der Waals surface area contributed by atoms with E-state index in [9.17, 15) is 0 Å². The maximum atomic E-state index is 6.62. The van der Waals surface area contributed by atoms with Crippen LogP contribution in [0.2, 0.25) is 0 Å². The number of piperidine rings is 1. The van der Waals surface area contributed by atoms with E-state index in [4.69, 9.17) is 11.6 Å². The second-order valence-corrected chi connectivity index (χ2v) is 9.17. The SMILES string of the molecule is Cc1ccc(C/C=C/C[N+]2(C/C=C(\Cl)Cc3ccc(C)cc3)CCCCC2)cc1. The molecular weight excluding hydrogens is 374 g/mol. The zero-order valence-corrected chi connectivity index (χ0v) is 18.8. The van der Waals surface area contributed by atoms with Crippen LogP contribution in [0.15, 0.2) is 71.8 Å². The molecule has 0 spiro atoms. The van der Waals surface area contributed by atoms with Crippen molar-refractivity contribution in [3.8, 4) is 0 Å². The summed E-state index contributed by atoms with van der Waals surface area (Å²) in [5.41, 5.74) is 5.30. The van der Waals surface area contributed by atoms with Crippen LogP contribution < -0.4 is 0 Å². The molecule has 1 fully saturated rings. The lowest BCUT2D eigenvalue weighted by Gasteiger charge is -2.40. The summed E-state index contributed by atoms with van der Waals surface area (Å²) < 4.78 is 1.15. The van der Waals surface area contributed by atoms with Crippen molar-refractivity contribution in [3.63, 3.8) is 0 Å². The van der Waals surface area contributed by atoms with Gasteiger partial charge in [0.1, 0.15) is 0 Å². The molecule has 1 heterocycles. The van der Waals surface area contributed by atoms with Gasteiger partial charge >= 0.3 is 0 Å². The Morgan fingerprint density at radius 3 is 2.00 bits per heavy atom. The summed E-state index contributed by atoms with van der Waals surface area (Å²) in [4.78, 5) is 0. The number of likely N-dealkylation sites (tertiary alicyclic amines) is 1. The average molecular weight is 409 g/mol. The van der Waals surface area contributed by atoms with Crippen LogP contribution in [-0.4, -0.2) is 30.7 Å². The Morgan fingerprint density at radius 2 is 1.38 bits per heavy atom. The van der Waals surface area contributed by atoms with Crippen molar-refractivity contribution in [1.82, 2.24) is 0 Å². The van der Waals surface area contributed by atoms with Gasteiger partial charge in [0, 0.05) is 11.5 Å². The Labute approximate surface area is 182 Å². The molecule has 2 aromatic carbocycles. The van der Waals surface area contributed by atoms with Crippen LogP contribution in [0.4, 0.5) is 0 Å². The number of benzene rings is 2. The zero-order valence-electron chi connectivity index (χ0n) is 18.0. The minimum absolute atomic E-state index is 0.838. The van der Waals surface area contributed by atoms with Crippen LogP contribution in [0.1, 0.15) is 41.5 Å². The van der Waals surface area contributed by atoms with Crippen molar-refractivity contribution in [1.29, 1.82) is 0 Å². The fourth-order valence-corrected chi connectivity index (χ4v) is 4.35. The summed E-state index contributed by atoms with van der Waals surface area (Å²) in [5.74, 6) is 0. The third-order valence-electron chi connectivity index (χ3n) is 6.09. The molecule has 3 rings (SSSR count). The quantitative estimate of drug-likeness (QED) is 0.334. The normalized spacial score (nSPS) is 17.0. The number of nitrogens with zero attached hydrogens (tertiary/aromatic N) is 1. The van der Waals surface area contributed by atoms with Gasteiger partial charge in [-0.25, -0.2) is 0 Å². The second kappa shape index (κ2) is 10.8. The molecule has 2 aromatic rings. The van der Waals surface area contributed by atoms with Gasteiger partial charge in [-0.2, -0.15) is 0 Å². The Bertz CT molecular complexity index is 809. The predicted octanol–water partition coefficient (Wildman–Crippen LogP) is 6.77. The molecule has 0 N–H and O–H groups in total. The minimum atomic E-state index is 0.838. The topological polar surface area (TPSA) is 0 Å². The molecule has 29 heavy (non-hydrogen) atoms. The van der Waals surface area contributed by atoms with Crippen molar-refractivity contribution in [3.05, 3.63) is 94.0 Å². The molecule has 2 heteroatoms. The Balaban J connectivity index is 1.57. The summed E-state index contributed by atoms with van der Waals surface area (Å²) in [6, 6.07) is 17.6. The smallest absolute Gasteiger partial charge is 0.0990 e. The number of hydrogen-bond acceptors (Lipinski definition) is 0. The molecule has 0 radical (unpaired) electrons. The highest BCUT2D eigenvalue weighted by atomic mass is 35.5. The van der Waals surface area contributed by atoms with Gasteiger partial charge in [0.2, 0.25) is 0 Å². The predicted molar refractivity (Wildman–Crippen MR) is 126 cm³/mol. The average Bonchev–Trinajstić information content (AvgIpc) is 2.74. The Hall–Kier alpha value is -1.83. The molecule has 1 nitrogen and oxygen atoms in total. The minimum Gasteiger partial charge on any atom is -0.317 e. The second-order valence-electron chi connectivity index (χ2n) is 8.69. The monoisotopic (exact) mass is 408 g/mol. The molecule has 0 aromatic heterocycles. The molecule has 0 amide bonds. The van der Waals surface area contributed by atoms with Gasteiger partial charge in [0.05, 0.1) is 26.2 Å². The third kappa shape index (κ3) is 7.17. The van der Waals surface area contributed by atoms with E-state index in [0.717, 1.165) is 35.4 Å². The van der Waals surface area contributed by atoms with Crippen molar-refractivity contribution < 1.29 is 4.48 Å². The third-order valence-corrected chi connectivity index (χ3v) is 6.38. The summed E-state index contributed by atoms with van der Waals surface area (Å²) in [7, 11) is 0. The van der Waals surface area contributed by atoms with E-state index in [1.807, 2.05) is 0 Å². The molecule has 0 bridgehead atoms. The number of quaternary nitrogens is 1. The number of aryl methyl sites for hydroxylation is 2. The molecular formula is C27H35ClN+. The largest absolute Gasteiger partial charge is 0.317 e. The summed E-state index contributed by atoms with van der Waals surface area (Å²) in [5, 5.41) is 0.973. The Morgan fingerprint density at radius 1 is 0.793 bits per heavy atom. The van der Waals surface area contributed by atoms with Gasteiger partial charge in [-0.3, -0.25) is 0 Å². The summed E-state index contributed by atoms with van der Waals surface area (Å²) in [6.45, 7) is 8.94. The summed E-state index contributed by atoms with van der Waals surface area (Å²) >= 11 is 6.62. The van der Waals surface area contributed by atoms with E-state index in [0.29, 0.717) is 0 Å². The first kappa shape index (κ1) is 21.9. The standard InChI is InChI=1S/C27H35ClN/c1-23-9-13-25(14-10-23)8-4-7-20-29(18-5-3-6-19-29)21-17-27(28)22-26-15-11-24(2)12-16-26/h4,7,9-17H,3,5-6,8,18-22H2,1-2H3/q+1/b7-4+,27-17-. The maximum Gasteiger partial charge on any atom is 0.0990 e. The molecule has 0 aliphatic carbocycles. The molecule has 1 saturated heterocycles. The highest BCUT2D eigenvalue weighted by molar-refractivity contribution is 6.29. The van der Waals surface area contributed by atoms with Gasteiger partial charge < -0.3 is 4.48 Å². The van der Waals surface area contributed by atoms with E-state index in [1.165, 1.54) is 54.6 Å². The van der Waals surface area contributed by atoms with Crippen LogP contribution in [0.3, 0.4) is 0 Å². The van der Waals surface area contributed by atoms with E-state index < -0.39 is 0 Å². The van der Waals surface area contributed by atoms with Gasteiger partial charge in [0.15, 0.2) is 0 Å².